The molecule has 0 spiro atoms. The van der Waals surface area contributed by atoms with Gasteiger partial charge < -0.3 is 31.2 Å². The second-order valence-electron chi connectivity index (χ2n) is 8.51. The van der Waals surface area contributed by atoms with E-state index in [0.717, 1.165) is 28.8 Å². The zero-order valence-electron chi connectivity index (χ0n) is 20.3. The van der Waals surface area contributed by atoms with Crippen LogP contribution in [0.2, 0.25) is 0 Å². The number of methoxy groups -OCH3 is 2. The summed E-state index contributed by atoms with van der Waals surface area (Å²) < 4.78 is 18.7. The third kappa shape index (κ3) is 7.76. The molecular formula is C28H34BrNO4. The van der Waals surface area contributed by atoms with Crippen LogP contribution < -0.4 is 21.5 Å². The highest BCUT2D eigenvalue weighted by molar-refractivity contribution is 5.74. The first-order valence-corrected chi connectivity index (χ1v) is 11.4. The summed E-state index contributed by atoms with van der Waals surface area (Å²) in [4.78, 5) is 12.4. The van der Waals surface area contributed by atoms with Crippen LogP contribution in [0.1, 0.15) is 37.5 Å². The third-order valence-corrected chi connectivity index (χ3v) is 5.54. The van der Waals surface area contributed by atoms with Crippen LogP contribution in [-0.2, 0) is 25.5 Å². The van der Waals surface area contributed by atoms with Crippen molar-refractivity contribution in [2.24, 2.45) is 5.92 Å². The summed E-state index contributed by atoms with van der Waals surface area (Å²) in [5, 5.41) is 0. The van der Waals surface area contributed by atoms with E-state index in [1.165, 1.54) is 7.11 Å². The fraction of sp³-hybridized carbons (Fsp3) is 0.357. The average molecular weight is 528 g/mol. The van der Waals surface area contributed by atoms with Crippen LogP contribution in [0, 0.1) is 5.92 Å². The Labute approximate surface area is 213 Å². The molecule has 1 heterocycles. The van der Waals surface area contributed by atoms with Crippen molar-refractivity contribution in [1.82, 2.24) is 0 Å². The van der Waals surface area contributed by atoms with E-state index in [1.807, 2.05) is 30.3 Å². The number of esters is 1. The van der Waals surface area contributed by atoms with Crippen molar-refractivity contribution in [3.63, 3.8) is 0 Å². The van der Waals surface area contributed by atoms with E-state index in [-0.39, 0.29) is 29.1 Å². The number of pyridine rings is 1. The quantitative estimate of drug-likeness (QED) is 0.282. The number of rotatable bonds is 11. The number of hydrogen-bond donors (Lipinski definition) is 0. The maximum Gasteiger partial charge on any atom is 0.335 e. The predicted octanol–water partition coefficient (Wildman–Crippen LogP) is 1.99. The Balaban J connectivity index is 0.00000408. The minimum Gasteiger partial charge on any atom is -1.00 e. The zero-order chi connectivity index (χ0) is 23.6. The van der Waals surface area contributed by atoms with E-state index in [9.17, 15) is 4.79 Å². The SMILES string of the molecule is COCC[n+]1ccc(-c2ccc(C(O[C@@H](CC(C)C)C(=O)OC)c3ccccc3)cc2)cc1.[Br-]. The smallest absolute Gasteiger partial charge is 0.335 e. The van der Waals surface area contributed by atoms with Crippen molar-refractivity contribution in [2.45, 2.75) is 39.0 Å². The van der Waals surface area contributed by atoms with Crippen LogP contribution >= 0.6 is 0 Å². The number of hydrogen-bond acceptors (Lipinski definition) is 4. The monoisotopic (exact) mass is 527 g/mol. The van der Waals surface area contributed by atoms with Crippen molar-refractivity contribution in [3.05, 3.63) is 90.3 Å². The second kappa shape index (κ2) is 14.0. The lowest BCUT2D eigenvalue weighted by molar-refractivity contribution is -0.698. The van der Waals surface area contributed by atoms with Gasteiger partial charge in [0.15, 0.2) is 25.0 Å². The van der Waals surface area contributed by atoms with Gasteiger partial charge in [0.2, 0.25) is 0 Å². The molecule has 1 unspecified atom stereocenters. The highest BCUT2D eigenvalue weighted by atomic mass is 79.9. The van der Waals surface area contributed by atoms with Gasteiger partial charge >= 0.3 is 5.97 Å². The van der Waals surface area contributed by atoms with Crippen LogP contribution in [0.3, 0.4) is 0 Å². The van der Waals surface area contributed by atoms with Crippen LogP contribution in [0.15, 0.2) is 79.1 Å². The normalized spacial score (nSPS) is 12.6. The highest BCUT2D eigenvalue weighted by Crippen LogP contribution is 2.31. The summed E-state index contributed by atoms with van der Waals surface area (Å²) in [5.41, 5.74) is 4.26. The lowest BCUT2D eigenvalue weighted by Crippen LogP contribution is -3.00. The van der Waals surface area contributed by atoms with Crippen LogP contribution in [0.4, 0.5) is 0 Å². The van der Waals surface area contributed by atoms with E-state index >= 15 is 0 Å². The molecule has 0 radical (unpaired) electrons. The van der Waals surface area contributed by atoms with Crippen LogP contribution in [0.5, 0.6) is 0 Å². The predicted molar refractivity (Wildman–Crippen MR) is 129 cm³/mol. The fourth-order valence-corrected chi connectivity index (χ4v) is 3.75. The summed E-state index contributed by atoms with van der Waals surface area (Å²) in [5.74, 6) is -0.0371. The van der Waals surface area contributed by atoms with Crippen molar-refractivity contribution < 1.29 is 40.6 Å². The molecule has 0 aliphatic heterocycles. The zero-order valence-corrected chi connectivity index (χ0v) is 21.9. The number of halogens is 1. The third-order valence-electron chi connectivity index (χ3n) is 5.54. The van der Waals surface area contributed by atoms with Gasteiger partial charge in [-0.3, -0.25) is 0 Å². The van der Waals surface area contributed by atoms with E-state index in [2.05, 4.69) is 67.2 Å². The number of aromatic nitrogens is 1. The molecule has 182 valence electrons. The Kier molecular flexibility index (Phi) is 11.4. The van der Waals surface area contributed by atoms with Gasteiger partial charge in [-0.1, -0.05) is 68.4 Å². The van der Waals surface area contributed by atoms with Gasteiger partial charge in [-0.15, -0.1) is 0 Å². The first kappa shape index (κ1) is 27.7. The molecule has 0 amide bonds. The summed E-state index contributed by atoms with van der Waals surface area (Å²) in [6.45, 7) is 5.65. The maximum atomic E-state index is 12.4. The Morgan fingerprint density at radius 3 is 2.00 bits per heavy atom. The lowest BCUT2D eigenvalue weighted by atomic mass is 9.97. The minimum absolute atomic E-state index is 0. The van der Waals surface area contributed by atoms with Gasteiger partial charge in [0.05, 0.1) is 7.11 Å². The van der Waals surface area contributed by atoms with E-state index < -0.39 is 6.10 Å². The molecule has 3 rings (SSSR count). The summed E-state index contributed by atoms with van der Waals surface area (Å²) in [6.07, 6.45) is 3.73. The molecule has 0 N–H and O–H groups in total. The number of ether oxygens (including phenoxy) is 3. The number of benzene rings is 2. The molecule has 0 saturated heterocycles. The van der Waals surface area contributed by atoms with E-state index in [0.29, 0.717) is 18.9 Å². The lowest BCUT2D eigenvalue weighted by Gasteiger charge is -2.25. The fourth-order valence-electron chi connectivity index (χ4n) is 3.75. The number of carbonyl (C=O) groups excluding carboxylic acids is 1. The van der Waals surface area contributed by atoms with E-state index in [4.69, 9.17) is 14.2 Å². The van der Waals surface area contributed by atoms with Crippen LogP contribution in [-0.4, -0.2) is 32.9 Å². The maximum absolute atomic E-state index is 12.4. The minimum atomic E-state index is -0.628. The first-order valence-electron chi connectivity index (χ1n) is 11.4. The Hall–Kier alpha value is -2.54. The average Bonchev–Trinajstić information content (AvgIpc) is 2.85. The molecule has 1 aromatic heterocycles. The van der Waals surface area contributed by atoms with Crippen molar-refractivity contribution in [3.8, 4) is 11.1 Å². The Bertz CT molecular complexity index is 991. The van der Waals surface area contributed by atoms with E-state index in [1.54, 1.807) is 7.11 Å². The summed E-state index contributed by atoms with van der Waals surface area (Å²) in [7, 11) is 3.11. The summed E-state index contributed by atoms with van der Waals surface area (Å²) in [6, 6.07) is 22.5. The molecule has 5 nitrogen and oxygen atoms in total. The molecule has 2 atom stereocenters. The van der Waals surface area contributed by atoms with Crippen molar-refractivity contribution in [2.75, 3.05) is 20.8 Å². The van der Waals surface area contributed by atoms with Crippen molar-refractivity contribution in [1.29, 1.82) is 0 Å². The van der Waals surface area contributed by atoms with Gasteiger partial charge in [0.1, 0.15) is 12.7 Å². The van der Waals surface area contributed by atoms with Gasteiger partial charge in [0, 0.05) is 19.2 Å². The standard InChI is InChI=1S/C28H34NO4.BrH/c1-21(2)20-26(28(30)32-4)33-27(24-8-6-5-7-9-24)25-12-10-22(11-13-25)23-14-16-29(17-15-23)18-19-31-3;/h5-17,21,26-27H,18-20H2,1-4H3;1H/q+1;/p-1/t26-,27?;/m0./s1. The molecule has 2 aromatic carbocycles. The Morgan fingerprint density at radius 2 is 1.44 bits per heavy atom. The van der Waals surface area contributed by atoms with Gasteiger partial charge in [-0.2, -0.15) is 0 Å². The van der Waals surface area contributed by atoms with Gasteiger partial charge in [0.25, 0.3) is 0 Å². The second-order valence-corrected chi connectivity index (χ2v) is 8.51. The molecule has 0 bridgehead atoms. The molecule has 0 fully saturated rings. The highest BCUT2D eigenvalue weighted by Gasteiger charge is 2.27. The molecular weight excluding hydrogens is 494 g/mol. The molecule has 3 aromatic rings. The first-order chi connectivity index (χ1) is 16.0. The van der Waals surface area contributed by atoms with Crippen molar-refractivity contribution >= 4 is 5.97 Å². The van der Waals surface area contributed by atoms with Crippen LogP contribution in [0.25, 0.3) is 11.1 Å². The number of carbonyl (C=O) groups is 1. The number of nitrogens with zero attached hydrogens (tertiary/aromatic N) is 1. The molecule has 34 heavy (non-hydrogen) atoms. The van der Waals surface area contributed by atoms with Gasteiger partial charge in [-0.05, 0) is 34.6 Å². The molecule has 6 heteroatoms. The molecule has 0 aliphatic carbocycles. The van der Waals surface area contributed by atoms with Gasteiger partial charge in [-0.25, -0.2) is 9.36 Å². The topological polar surface area (TPSA) is 48.6 Å². The molecule has 0 aliphatic rings. The molecule has 0 saturated carbocycles. The largest absolute Gasteiger partial charge is 1.00 e. The Morgan fingerprint density at radius 1 is 0.853 bits per heavy atom. The summed E-state index contributed by atoms with van der Waals surface area (Å²) >= 11 is 0.